The lowest BCUT2D eigenvalue weighted by atomic mass is 10.2. The molecule has 0 amide bonds. The molecule has 1 aliphatic rings. The predicted octanol–water partition coefficient (Wildman–Crippen LogP) is 1.11. The molecule has 2 rings (SSSR count). The molecule has 3 heteroatoms. The Kier molecular flexibility index (Phi) is 3.93. The van der Waals surface area contributed by atoms with Crippen LogP contribution in [0.25, 0.3) is 0 Å². The minimum Gasteiger partial charge on any atom is -0.378 e. The Labute approximate surface area is 97.4 Å². The monoisotopic (exact) mass is 220 g/mol. The van der Waals surface area contributed by atoms with Crippen molar-refractivity contribution in [1.82, 2.24) is 10.2 Å². The van der Waals surface area contributed by atoms with Gasteiger partial charge in [-0.1, -0.05) is 30.3 Å². The van der Waals surface area contributed by atoms with Crippen LogP contribution in [-0.4, -0.2) is 44.3 Å². The standard InChI is InChI=1S/C13H20N2O/c1-14-12-9-15(10-13(12)16-2)8-11-6-4-3-5-7-11/h3-7,12-14H,8-10H2,1-2H3/t12-,13+/m0/s1. The van der Waals surface area contributed by atoms with E-state index < -0.39 is 0 Å². The highest BCUT2D eigenvalue weighted by Gasteiger charge is 2.31. The highest BCUT2D eigenvalue weighted by atomic mass is 16.5. The quantitative estimate of drug-likeness (QED) is 0.822. The second-order valence-corrected chi connectivity index (χ2v) is 4.35. The first-order chi connectivity index (χ1) is 7.83. The number of ether oxygens (including phenoxy) is 1. The van der Waals surface area contributed by atoms with Crippen LogP contribution in [-0.2, 0) is 11.3 Å². The second kappa shape index (κ2) is 5.43. The number of likely N-dealkylation sites (N-methyl/N-ethyl adjacent to an activating group) is 1. The van der Waals surface area contributed by atoms with Gasteiger partial charge in [-0.3, -0.25) is 4.90 Å². The first kappa shape index (κ1) is 11.6. The lowest BCUT2D eigenvalue weighted by Crippen LogP contribution is -2.37. The van der Waals surface area contributed by atoms with Crippen molar-refractivity contribution in [2.45, 2.75) is 18.7 Å². The molecule has 2 atom stereocenters. The van der Waals surface area contributed by atoms with Crippen LogP contribution in [0.1, 0.15) is 5.56 Å². The van der Waals surface area contributed by atoms with E-state index in [1.54, 1.807) is 7.11 Å². The molecule has 1 saturated heterocycles. The van der Waals surface area contributed by atoms with Gasteiger partial charge in [0, 0.05) is 32.8 Å². The zero-order chi connectivity index (χ0) is 11.4. The van der Waals surface area contributed by atoms with Gasteiger partial charge in [0.2, 0.25) is 0 Å². The van der Waals surface area contributed by atoms with Crippen LogP contribution in [0.3, 0.4) is 0 Å². The van der Waals surface area contributed by atoms with E-state index in [2.05, 4.69) is 40.5 Å². The van der Waals surface area contributed by atoms with Gasteiger partial charge in [-0.2, -0.15) is 0 Å². The number of methoxy groups -OCH3 is 1. The number of nitrogens with one attached hydrogen (secondary N) is 1. The fourth-order valence-electron chi connectivity index (χ4n) is 2.34. The van der Waals surface area contributed by atoms with Crippen molar-refractivity contribution in [2.24, 2.45) is 0 Å². The van der Waals surface area contributed by atoms with Gasteiger partial charge >= 0.3 is 0 Å². The van der Waals surface area contributed by atoms with Gasteiger partial charge in [-0.05, 0) is 12.6 Å². The molecule has 1 fully saturated rings. The maximum absolute atomic E-state index is 5.48. The summed E-state index contributed by atoms with van der Waals surface area (Å²) in [5.74, 6) is 0. The SMILES string of the molecule is CN[C@H]1CN(Cc2ccccc2)C[C@H]1OC. The van der Waals surface area contributed by atoms with Crippen LogP contribution in [0.5, 0.6) is 0 Å². The minimum atomic E-state index is 0.314. The van der Waals surface area contributed by atoms with Crippen LogP contribution < -0.4 is 5.32 Å². The first-order valence-corrected chi connectivity index (χ1v) is 5.80. The van der Waals surface area contributed by atoms with Crippen molar-refractivity contribution in [3.05, 3.63) is 35.9 Å². The minimum absolute atomic E-state index is 0.314. The molecule has 0 radical (unpaired) electrons. The van der Waals surface area contributed by atoms with Crippen molar-refractivity contribution >= 4 is 0 Å². The van der Waals surface area contributed by atoms with E-state index in [9.17, 15) is 0 Å². The molecule has 0 aliphatic carbocycles. The molecule has 0 saturated carbocycles. The molecule has 0 unspecified atom stereocenters. The van der Waals surface area contributed by atoms with E-state index in [4.69, 9.17) is 4.74 Å². The van der Waals surface area contributed by atoms with Gasteiger partial charge in [0.05, 0.1) is 6.10 Å². The summed E-state index contributed by atoms with van der Waals surface area (Å²) in [6.45, 7) is 3.08. The summed E-state index contributed by atoms with van der Waals surface area (Å²) in [6, 6.07) is 11.0. The van der Waals surface area contributed by atoms with E-state index in [0.29, 0.717) is 12.1 Å². The lowest BCUT2D eigenvalue weighted by molar-refractivity contribution is 0.0912. The molecule has 1 aromatic rings. The van der Waals surface area contributed by atoms with E-state index in [0.717, 1.165) is 19.6 Å². The number of nitrogens with zero attached hydrogens (tertiary/aromatic N) is 1. The average molecular weight is 220 g/mol. The number of hydrogen-bond donors (Lipinski definition) is 1. The van der Waals surface area contributed by atoms with Crippen molar-refractivity contribution in [1.29, 1.82) is 0 Å². The van der Waals surface area contributed by atoms with E-state index in [-0.39, 0.29) is 0 Å². The van der Waals surface area contributed by atoms with Gasteiger partial charge in [-0.15, -0.1) is 0 Å². The molecule has 0 spiro atoms. The average Bonchev–Trinajstić information content (AvgIpc) is 2.72. The Morgan fingerprint density at radius 3 is 2.62 bits per heavy atom. The number of rotatable bonds is 4. The third-order valence-electron chi connectivity index (χ3n) is 3.26. The van der Waals surface area contributed by atoms with Gasteiger partial charge in [-0.25, -0.2) is 0 Å². The van der Waals surface area contributed by atoms with Crippen molar-refractivity contribution in [3.63, 3.8) is 0 Å². The van der Waals surface area contributed by atoms with Gasteiger partial charge in [0.25, 0.3) is 0 Å². The summed E-state index contributed by atoms with van der Waals surface area (Å²) in [7, 11) is 3.80. The summed E-state index contributed by atoms with van der Waals surface area (Å²) >= 11 is 0. The lowest BCUT2D eigenvalue weighted by Gasteiger charge is -2.15. The van der Waals surface area contributed by atoms with Gasteiger partial charge in [0.1, 0.15) is 0 Å². The highest BCUT2D eigenvalue weighted by Crippen LogP contribution is 2.15. The van der Waals surface area contributed by atoms with Crippen molar-refractivity contribution in [3.8, 4) is 0 Å². The Morgan fingerprint density at radius 1 is 1.31 bits per heavy atom. The molecule has 0 aromatic heterocycles. The van der Waals surface area contributed by atoms with Gasteiger partial charge in [0.15, 0.2) is 0 Å². The number of hydrogen-bond acceptors (Lipinski definition) is 3. The third kappa shape index (κ3) is 2.61. The molecule has 1 heterocycles. The Bertz CT molecular complexity index is 303. The largest absolute Gasteiger partial charge is 0.378 e. The Balaban J connectivity index is 1.93. The van der Waals surface area contributed by atoms with Crippen molar-refractivity contribution < 1.29 is 4.74 Å². The smallest absolute Gasteiger partial charge is 0.0863 e. The zero-order valence-electron chi connectivity index (χ0n) is 10.0. The van der Waals surface area contributed by atoms with Crippen molar-refractivity contribution in [2.75, 3.05) is 27.2 Å². The van der Waals surface area contributed by atoms with Crippen LogP contribution in [0.15, 0.2) is 30.3 Å². The molecule has 1 aromatic carbocycles. The molecular formula is C13H20N2O. The highest BCUT2D eigenvalue weighted by molar-refractivity contribution is 5.14. The van der Waals surface area contributed by atoms with Crippen LogP contribution in [0.4, 0.5) is 0 Å². The summed E-state index contributed by atoms with van der Waals surface area (Å²) in [5.41, 5.74) is 1.37. The third-order valence-corrected chi connectivity index (χ3v) is 3.26. The molecule has 0 bridgehead atoms. The number of likely N-dealkylation sites (tertiary alicyclic amines) is 1. The molecule has 1 N–H and O–H groups in total. The molecule has 16 heavy (non-hydrogen) atoms. The fraction of sp³-hybridized carbons (Fsp3) is 0.538. The van der Waals surface area contributed by atoms with Crippen LogP contribution in [0.2, 0.25) is 0 Å². The van der Waals surface area contributed by atoms with E-state index in [1.165, 1.54) is 5.56 Å². The Hall–Kier alpha value is -0.900. The number of benzene rings is 1. The predicted molar refractivity (Wildman–Crippen MR) is 65.4 cm³/mol. The Morgan fingerprint density at radius 2 is 2.06 bits per heavy atom. The topological polar surface area (TPSA) is 24.5 Å². The summed E-state index contributed by atoms with van der Waals surface area (Å²) in [6.07, 6.45) is 0.314. The van der Waals surface area contributed by atoms with E-state index >= 15 is 0 Å². The maximum Gasteiger partial charge on any atom is 0.0863 e. The first-order valence-electron chi connectivity index (χ1n) is 5.80. The zero-order valence-corrected chi connectivity index (χ0v) is 10.0. The summed E-state index contributed by atoms with van der Waals surface area (Å²) in [5, 5.41) is 3.31. The van der Waals surface area contributed by atoms with Crippen LogP contribution in [0, 0.1) is 0 Å². The second-order valence-electron chi connectivity index (χ2n) is 4.35. The van der Waals surface area contributed by atoms with E-state index in [1.807, 2.05) is 7.05 Å². The van der Waals surface area contributed by atoms with Crippen LogP contribution >= 0.6 is 0 Å². The fourth-order valence-corrected chi connectivity index (χ4v) is 2.34. The molecule has 3 nitrogen and oxygen atoms in total. The summed E-state index contributed by atoms with van der Waals surface area (Å²) in [4.78, 5) is 2.44. The molecule has 88 valence electrons. The maximum atomic E-state index is 5.48. The normalized spacial score (nSPS) is 26.1. The summed E-state index contributed by atoms with van der Waals surface area (Å²) < 4.78 is 5.48. The van der Waals surface area contributed by atoms with Gasteiger partial charge < -0.3 is 10.1 Å². The molecular weight excluding hydrogens is 200 g/mol. The molecule has 1 aliphatic heterocycles.